The summed E-state index contributed by atoms with van der Waals surface area (Å²) in [6.45, 7) is 0.00920. The van der Waals surface area contributed by atoms with Crippen LogP contribution in [0.4, 0.5) is 0 Å². The molecule has 3 unspecified atom stereocenters. The van der Waals surface area contributed by atoms with Gasteiger partial charge in [0.05, 0.1) is 17.6 Å². The van der Waals surface area contributed by atoms with Gasteiger partial charge in [0.25, 0.3) is 0 Å². The number of amides is 1. The summed E-state index contributed by atoms with van der Waals surface area (Å²) >= 11 is 0. The monoisotopic (exact) mass is 291 g/mol. The Balaban J connectivity index is 1.98. The van der Waals surface area contributed by atoms with E-state index in [1.165, 1.54) is 0 Å². The maximum absolute atomic E-state index is 12.0. The van der Waals surface area contributed by atoms with Gasteiger partial charge in [-0.2, -0.15) is 0 Å². The third kappa shape index (κ3) is 3.24. The largest absolute Gasteiger partial charge is 0.480 e. The molecule has 19 heavy (non-hydrogen) atoms. The Morgan fingerprint density at radius 3 is 2.53 bits per heavy atom. The van der Waals surface area contributed by atoms with Crippen LogP contribution in [0, 0.1) is 5.92 Å². The molecule has 2 rings (SSSR count). The Bertz CT molecular complexity index is 487. The first-order valence-corrected chi connectivity index (χ1v) is 8.01. The van der Waals surface area contributed by atoms with Crippen molar-refractivity contribution in [1.82, 2.24) is 4.90 Å². The number of sulfone groups is 1. The van der Waals surface area contributed by atoms with Crippen LogP contribution in [0.5, 0.6) is 0 Å². The lowest BCUT2D eigenvalue weighted by atomic mass is 10.0. The average Bonchev–Trinajstić information content (AvgIpc) is 2.82. The summed E-state index contributed by atoms with van der Waals surface area (Å²) in [5, 5.41) is 18.5. The fraction of sp³-hybridized carbons (Fsp3) is 0.818. The lowest BCUT2D eigenvalue weighted by Gasteiger charge is -2.22. The van der Waals surface area contributed by atoms with Crippen LogP contribution in [-0.2, 0) is 19.4 Å². The van der Waals surface area contributed by atoms with Crippen LogP contribution in [0.25, 0.3) is 0 Å². The molecular weight excluding hydrogens is 274 g/mol. The molecule has 2 aliphatic rings. The summed E-state index contributed by atoms with van der Waals surface area (Å²) in [4.78, 5) is 24.2. The van der Waals surface area contributed by atoms with Crippen molar-refractivity contribution >= 4 is 21.7 Å². The van der Waals surface area contributed by atoms with Gasteiger partial charge in [0, 0.05) is 19.4 Å². The summed E-state index contributed by atoms with van der Waals surface area (Å²) in [7, 11) is -3.04. The maximum Gasteiger partial charge on any atom is 0.326 e. The number of aliphatic hydroxyl groups excluding tert-OH is 1. The average molecular weight is 291 g/mol. The highest BCUT2D eigenvalue weighted by molar-refractivity contribution is 7.91. The molecule has 0 bridgehead atoms. The van der Waals surface area contributed by atoms with Crippen molar-refractivity contribution in [3.8, 4) is 0 Å². The summed E-state index contributed by atoms with van der Waals surface area (Å²) in [6.07, 6.45) is -0.306. The molecule has 108 valence electrons. The number of carbonyl (C=O) groups excluding carboxylic acids is 1. The number of rotatable bonds is 3. The number of likely N-dealkylation sites (tertiary alicyclic amines) is 1. The number of carbonyl (C=O) groups is 2. The van der Waals surface area contributed by atoms with Gasteiger partial charge in [-0.15, -0.1) is 0 Å². The first-order chi connectivity index (χ1) is 8.78. The topological polar surface area (TPSA) is 112 Å². The predicted octanol–water partition coefficient (Wildman–Crippen LogP) is -1.14. The number of hydrogen-bond donors (Lipinski definition) is 2. The van der Waals surface area contributed by atoms with Gasteiger partial charge in [-0.3, -0.25) is 4.79 Å². The molecule has 8 heteroatoms. The van der Waals surface area contributed by atoms with Gasteiger partial charge in [-0.1, -0.05) is 0 Å². The minimum atomic E-state index is -3.04. The lowest BCUT2D eigenvalue weighted by molar-refractivity contribution is -0.148. The third-order valence-electron chi connectivity index (χ3n) is 3.67. The second kappa shape index (κ2) is 5.09. The molecule has 2 aliphatic heterocycles. The SMILES string of the molecule is O=C(O)C1CC(O)CN1C(=O)CC1CCS(=O)(=O)C1. The van der Waals surface area contributed by atoms with Crippen molar-refractivity contribution in [3.05, 3.63) is 0 Å². The van der Waals surface area contributed by atoms with Crippen LogP contribution in [0.15, 0.2) is 0 Å². The van der Waals surface area contributed by atoms with Crippen LogP contribution in [0.1, 0.15) is 19.3 Å². The highest BCUT2D eigenvalue weighted by Gasteiger charge is 2.40. The minimum absolute atomic E-state index is 0.00707. The van der Waals surface area contributed by atoms with E-state index in [0.717, 1.165) is 4.90 Å². The summed E-state index contributed by atoms with van der Waals surface area (Å²) in [6, 6.07) is -1.000. The number of carboxylic acids is 1. The normalized spacial score (nSPS) is 33.5. The van der Waals surface area contributed by atoms with Gasteiger partial charge in [0.15, 0.2) is 9.84 Å². The molecule has 2 saturated heterocycles. The Hall–Kier alpha value is -1.15. The van der Waals surface area contributed by atoms with Crippen molar-refractivity contribution in [2.24, 2.45) is 5.92 Å². The predicted molar refractivity (Wildman–Crippen MR) is 65.1 cm³/mol. The molecule has 0 saturated carbocycles. The molecule has 0 spiro atoms. The zero-order valence-electron chi connectivity index (χ0n) is 10.4. The number of carboxylic acid groups (broad SMARTS) is 1. The van der Waals surface area contributed by atoms with Crippen molar-refractivity contribution in [1.29, 1.82) is 0 Å². The molecule has 0 aromatic heterocycles. The highest BCUT2D eigenvalue weighted by atomic mass is 32.2. The minimum Gasteiger partial charge on any atom is -0.480 e. The van der Waals surface area contributed by atoms with Gasteiger partial charge in [-0.05, 0) is 12.3 Å². The molecule has 3 atom stereocenters. The van der Waals surface area contributed by atoms with Crippen LogP contribution in [0.3, 0.4) is 0 Å². The molecule has 2 N–H and O–H groups in total. The molecule has 2 fully saturated rings. The van der Waals surface area contributed by atoms with Crippen LogP contribution in [-0.4, -0.2) is 65.6 Å². The fourth-order valence-electron chi connectivity index (χ4n) is 2.72. The van der Waals surface area contributed by atoms with E-state index in [1.807, 2.05) is 0 Å². The molecule has 2 heterocycles. The van der Waals surface area contributed by atoms with Crippen molar-refractivity contribution in [2.75, 3.05) is 18.1 Å². The molecule has 7 nitrogen and oxygen atoms in total. The smallest absolute Gasteiger partial charge is 0.326 e. The molecule has 0 aromatic rings. The fourth-order valence-corrected chi connectivity index (χ4v) is 4.58. The number of nitrogens with zero attached hydrogens (tertiary/aromatic N) is 1. The maximum atomic E-state index is 12.0. The van der Waals surface area contributed by atoms with Gasteiger partial charge < -0.3 is 15.1 Å². The van der Waals surface area contributed by atoms with Crippen molar-refractivity contribution in [3.63, 3.8) is 0 Å². The molecule has 0 aromatic carbocycles. The Morgan fingerprint density at radius 1 is 1.32 bits per heavy atom. The molecular formula is C11H17NO6S. The van der Waals surface area contributed by atoms with E-state index < -0.39 is 28.0 Å². The van der Waals surface area contributed by atoms with E-state index in [-0.39, 0.29) is 42.7 Å². The van der Waals surface area contributed by atoms with E-state index in [0.29, 0.717) is 6.42 Å². The first-order valence-electron chi connectivity index (χ1n) is 6.19. The van der Waals surface area contributed by atoms with Gasteiger partial charge in [0.1, 0.15) is 6.04 Å². The van der Waals surface area contributed by atoms with Gasteiger partial charge >= 0.3 is 5.97 Å². The quantitative estimate of drug-likeness (QED) is 0.679. The Morgan fingerprint density at radius 2 is 2.00 bits per heavy atom. The first kappa shape index (κ1) is 14.3. The van der Waals surface area contributed by atoms with E-state index in [2.05, 4.69) is 0 Å². The Kier molecular flexibility index (Phi) is 3.82. The van der Waals surface area contributed by atoms with E-state index in [4.69, 9.17) is 5.11 Å². The summed E-state index contributed by atoms with van der Waals surface area (Å²) in [5.41, 5.74) is 0. The Labute approximate surface area is 111 Å². The molecule has 0 aliphatic carbocycles. The summed E-state index contributed by atoms with van der Waals surface area (Å²) in [5.74, 6) is -1.66. The third-order valence-corrected chi connectivity index (χ3v) is 5.51. The van der Waals surface area contributed by atoms with E-state index >= 15 is 0 Å². The van der Waals surface area contributed by atoms with Gasteiger partial charge in [-0.25, -0.2) is 13.2 Å². The zero-order chi connectivity index (χ0) is 14.2. The number of β-amino-alcohol motifs (C(OH)–C–C–N with tert-alkyl or cyclic N) is 1. The molecule has 0 radical (unpaired) electrons. The van der Waals surface area contributed by atoms with Crippen LogP contribution in [0.2, 0.25) is 0 Å². The van der Waals surface area contributed by atoms with Crippen LogP contribution >= 0.6 is 0 Å². The van der Waals surface area contributed by atoms with E-state index in [9.17, 15) is 23.1 Å². The highest BCUT2D eigenvalue weighted by Crippen LogP contribution is 2.25. The summed E-state index contributed by atoms with van der Waals surface area (Å²) < 4.78 is 22.6. The molecule has 1 amide bonds. The van der Waals surface area contributed by atoms with Gasteiger partial charge in [0.2, 0.25) is 5.91 Å². The zero-order valence-corrected chi connectivity index (χ0v) is 11.2. The standard InChI is InChI=1S/C11H17NO6S/c13-8-4-9(11(15)16)12(5-8)10(14)3-7-1-2-19(17,18)6-7/h7-9,13H,1-6H2,(H,15,16). The second-order valence-electron chi connectivity index (χ2n) is 5.26. The number of aliphatic hydroxyl groups is 1. The number of aliphatic carboxylic acids is 1. The number of hydrogen-bond acceptors (Lipinski definition) is 5. The van der Waals surface area contributed by atoms with Crippen LogP contribution < -0.4 is 0 Å². The van der Waals surface area contributed by atoms with Crippen molar-refractivity contribution < 1.29 is 28.2 Å². The lowest BCUT2D eigenvalue weighted by Crippen LogP contribution is -2.41. The van der Waals surface area contributed by atoms with E-state index in [1.54, 1.807) is 0 Å². The second-order valence-corrected chi connectivity index (χ2v) is 7.49. The van der Waals surface area contributed by atoms with Crippen molar-refractivity contribution in [2.45, 2.75) is 31.4 Å².